The molecule has 124 valence electrons. The van der Waals surface area contributed by atoms with Gasteiger partial charge in [-0.2, -0.15) is 0 Å². The zero-order chi connectivity index (χ0) is 17.9. The highest BCUT2D eigenvalue weighted by Gasteiger charge is 2.16. The number of halogens is 1. The van der Waals surface area contributed by atoms with Crippen molar-refractivity contribution in [2.24, 2.45) is 5.73 Å². The van der Waals surface area contributed by atoms with Crippen LogP contribution in [0.2, 0.25) is 5.02 Å². The molecule has 2 aromatic rings. The molecule has 0 aliphatic heterocycles. The maximum Gasteiger partial charge on any atom is 0.339 e. The quantitative estimate of drug-likeness (QED) is 0.831. The summed E-state index contributed by atoms with van der Waals surface area (Å²) in [5.74, 6) is -1.82. The van der Waals surface area contributed by atoms with Crippen LogP contribution in [0.1, 0.15) is 36.6 Å². The van der Waals surface area contributed by atoms with Crippen LogP contribution in [0.5, 0.6) is 0 Å². The number of ether oxygens (including phenoxy) is 1. The Kier molecular flexibility index (Phi) is 5.21. The van der Waals surface area contributed by atoms with E-state index in [4.69, 9.17) is 17.3 Å². The highest BCUT2D eigenvalue weighted by atomic mass is 35.5. The van der Waals surface area contributed by atoms with Crippen molar-refractivity contribution >= 4 is 35.1 Å². The minimum Gasteiger partial charge on any atom is -0.465 e. The number of anilines is 1. The lowest BCUT2D eigenvalue weighted by atomic mass is 10.1. The van der Waals surface area contributed by atoms with Gasteiger partial charge in [0.2, 0.25) is 0 Å². The van der Waals surface area contributed by atoms with E-state index < -0.39 is 17.8 Å². The topological polar surface area (TPSA) is 98.5 Å². The van der Waals surface area contributed by atoms with Crippen molar-refractivity contribution in [3.8, 4) is 0 Å². The summed E-state index contributed by atoms with van der Waals surface area (Å²) in [6.45, 7) is 1.82. The maximum atomic E-state index is 12.4. The van der Waals surface area contributed by atoms with Crippen molar-refractivity contribution < 1.29 is 19.1 Å². The van der Waals surface area contributed by atoms with E-state index >= 15 is 0 Å². The third kappa shape index (κ3) is 3.72. The van der Waals surface area contributed by atoms with Crippen LogP contribution in [-0.4, -0.2) is 24.9 Å². The number of carbonyl (C=O) groups is 3. The fourth-order valence-electron chi connectivity index (χ4n) is 2.10. The van der Waals surface area contributed by atoms with Crippen LogP contribution < -0.4 is 11.1 Å². The molecule has 7 heteroatoms. The lowest BCUT2D eigenvalue weighted by Crippen LogP contribution is -2.19. The molecule has 0 saturated carbocycles. The number of hydrogen-bond acceptors (Lipinski definition) is 4. The lowest BCUT2D eigenvalue weighted by Gasteiger charge is -2.11. The molecule has 0 spiro atoms. The molecule has 0 heterocycles. The summed E-state index contributed by atoms with van der Waals surface area (Å²) < 4.78 is 4.62. The van der Waals surface area contributed by atoms with E-state index in [2.05, 4.69) is 10.1 Å². The van der Waals surface area contributed by atoms with Crippen LogP contribution in [0.15, 0.2) is 36.4 Å². The van der Waals surface area contributed by atoms with Gasteiger partial charge in [-0.3, -0.25) is 9.59 Å². The van der Waals surface area contributed by atoms with Crippen LogP contribution in [0.25, 0.3) is 0 Å². The molecule has 0 bridgehead atoms. The number of methoxy groups -OCH3 is 1. The SMILES string of the molecule is COC(=O)c1cc(C(=O)Nc2cc(C)ccc2C(N)=O)ccc1Cl. The molecule has 0 radical (unpaired) electrons. The Morgan fingerprint density at radius 2 is 1.79 bits per heavy atom. The van der Waals surface area contributed by atoms with E-state index in [0.717, 1.165) is 5.56 Å². The summed E-state index contributed by atoms with van der Waals surface area (Å²) in [5, 5.41) is 2.79. The van der Waals surface area contributed by atoms with Crippen molar-refractivity contribution in [2.45, 2.75) is 6.92 Å². The van der Waals surface area contributed by atoms with Gasteiger partial charge in [-0.15, -0.1) is 0 Å². The van der Waals surface area contributed by atoms with Crippen LogP contribution >= 0.6 is 11.6 Å². The largest absolute Gasteiger partial charge is 0.465 e. The molecule has 6 nitrogen and oxygen atoms in total. The molecule has 24 heavy (non-hydrogen) atoms. The van der Waals surface area contributed by atoms with Gasteiger partial charge in [-0.25, -0.2) is 4.79 Å². The number of esters is 1. The molecule has 2 amide bonds. The predicted octanol–water partition coefficient (Wildman–Crippen LogP) is 2.79. The number of nitrogens with one attached hydrogen (secondary N) is 1. The molecule has 0 fully saturated rings. The van der Waals surface area contributed by atoms with E-state index in [9.17, 15) is 14.4 Å². The Labute approximate surface area is 143 Å². The molecule has 2 aromatic carbocycles. The smallest absolute Gasteiger partial charge is 0.339 e. The maximum absolute atomic E-state index is 12.4. The number of amides is 2. The minimum atomic E-state index is -0.656. The van der Waals surface area contributed by atoms with Gasteiger partial charge in [0.15, 0.2) is 0 Å². The van der Waals surface area contributed by atoms with Crippen molar-refractivity contribution in [2.75, 3.05) is 12.4 Å². The standard InChI is InChI=1S/C17H15ClN2O4/c1-9-3-5-11(15(19)21)14(7-9)20-16(22)10-4-6-13(18)12(8-10)17(23)24-2/h3-8H,1-2H3,(H2,19,21)(H,20,22). The van der Waals surface area contributed by atoms with Gasteiger partial charge in [0, 0.05) is 5.56 Å². The summed E-state index contributed by atoms with van der Waals surface area (Å²) in [6, 6.07) is 9.10. The van der Waals surface area contributed by atoms with Gasteiger partial charge in [-0.1, -0.05) is 17.7 Å². The average molecular weight is 347 g/mol. The van der Waals surface area contributed by atoms with Crippen molar-refractivity contribution in [1.82, 2.24) is 0 Å². The van der Waals surface area contributed by atoms with Gasteiger partial charge >= 0.3 is 5.97 Å². The van der Waals surface area contributed by atoms with E-state index in [1.54, 1.807) is 12.1 Å². The zero-order valence-corrected chi connectivity index (χ0v) is 13.8. The van der Waals surface area contributed by atoms with Gasteiger partial charge in [0.05, 0.1) is 28.9 Å². The fraction of sp³-hybridized carbons (Fsp3) is 0.118. The number of hydrogen-bond donors (Lipinski definition) is 2. The Morgan fingerprint density at radius 3 is 2.42 bits per heavy atom. The lowest BCUT2D eigenvalue weighted by molar-refractivity contribution is 0.0600. The summed E-state index contributed by atoms with van der Waals surface area (Å²) in [4.78, 5) is 35.5. The average Bonchev–Trinajstić information content (AvgIpc) is 2.54. The molecule has 0 aliphatic rings. The summed E-state index contributed by atoms with van der Waals surface area (Å²) in [5.41, 5.74) is 6.91. The van der Waals surface area contributed by atoms with E-state index in [0.29, 0.717) is 5.69 Å². The first-order chi connectivity index (χ1) is 11.3. The Balaban J connectivity index is 2.36. The Bertz CT molecular complexity index is 833. The summed E-state index contributed by atoms with van der Waals surface area (Å²) in [6.07, 6.45) is 0. The second-order valence-electron chi connectivity index (χ2n) is 5.05. The van der Waals surface area contributed by atoms with Crippen LogP contribution in [0.3, 0.4) is 0 Å². The van der Waals surface area contributed by atoms with E-state index in [1.807, 2.05) is 6.92 Å². The molecule has 0 saturated heterocycles. The van der Waals surface area contributed by atoms with Crippen LogP contribution in [-0.2, 0) is 4.74 Å². The first kappa shape index (κ1) is 17.5. The minimum absolute atomic E-state index is 0.0752. The van der Waals surface area contributed by atoms with Crippen LogP contribution in [0, 0.1) is 6.92 Å². The fourth-order valence-corrected chi connectivity index (χ4v) is 2.30. The highest BCUT2D eigenvalue weighted by molar-refractivity contribution is 6.33. The number of carbonyl (C=O) groups excluding carboxylic acids is 3. The number of nitrogens with two attached hydrogens (primary N) is 1. The second-order valence-corrected chi connectivity index (χ2v) is 5.46. The number of aryl methyl sites for hydroxylation is 1. The Hall–Kier alpha value is -2.86. The molecule has 3 N–H and O–H groups in total. The summed E-state index contributed by atoms with van der Waals surface area (Å²) >= 11 is 5.93. The van der Waals surface area contributed by atoms with Gasteiger partial charge in [0.1, 0.15) is 0 Å². The highest BCUT2D eigenvalue weighted by Crippen LogP contribution is 2.21. The van der Waals surface area contributed by atoms with Crippen molar-refractivity contribution in [1.29, 1.82) is 0 Å². The zero-order valence-electron chi connectivity index (χ0n) is 13.1. The van der Waals surface area contributed by atoms with Crippen molar-refractivity contribution in [3.63, 3.8) is 0 Å². The number of benzene rings is 2. The summed E-state index contributed by atoms with van der Waals surface area (Å²) in [7, 11) is 1.22. The van der Waals surface area contributed by atoms with Crippen LogP contribution in [0.4, 0.5) is 5.69 Å². The molecule has 2 rings (SSSR count). The second kappa shape index (κ2) is 7.14. The van der Waals surface area contributed by atoms with Gasteiger partial charge in [-0.05, 0) is 42.8 Å². The molecular weight excluding hydrogens is 332 g/mol. The molecule has 0 unspecified atom stereocenters. The van der Waals surface area contributed by atoms with E-state index in [1.165, 1.54) is 31.4 Å². The Morgan fingerprint density at radius 1 is 1.08 bits per heavy atom. The molecule has 0 aliphatic carbocycles. The first-order valence-electron chi connectivity index (χ1n) is 6.93. The normalized spacial score (nSPS) is 10.1. The predicted molar refractivity (Wildman–Crippen MR) is 90.4 cm³/mol. The third-order valence-electron chi connectivity index (χ3n) is 3.32. The molecule has 0 atom stereocenters. The molecular formula is C17H15ClN2O4. The third-order valence-corrected chi connectivity index (χ3v) is 3.65. The first-order valence-corrected chi connectivity index (χ1v) is 7.31. The number of primary amides is 1. The van der Waals surface area contributed by atoms with Gasteiger partial charge < -0.3 is 15.8 Å². The van der Waals surface area contributed by atoms with E-state index in [-0.39, 0.29) is 21.7 Å². The molecule has 0 aromatic heterocycles. The number of rotatable bonds is 4. The van der Waals surface area contributed by atoms with Crippen molar-refractivity contribution in [3.05, 3.63) is 63.7 Å². The monoisotopic (exact) mass is 346 g/mol. The van der Waals surface area contributed by atoms with Gasteiger partial charge in [0.25, 0.3) is 11.8 Å².